The highest BCUT2D eigenvalue weighted by Crippen LogP contribution is 2.32. The Morgan fingerprint density at radius 2 is 1.90 bits per heavy atom. The lowest BCUT2D eigenvalue weighted by Gasteiger charge is -2.15. The highest BCUT2D eigenvalue weighted by molar-refractivity contribution is 6.31. The van der Waals surface area contributed by atoms with E-state index >= 15 is 0 Å². The number of aromatic nitrogens is 1. The lowest BCUT2D eigenvalue weighted by atomic mass is 9.97. The zero-order valence-corrected chi connectivity index (χ0v) is 11.2. The molecule has 3 aromatic rings. The van der Waals surface area contributed by atoms with E-state index in [9.17, 15) is 9.50 Å². The minimum Gasteiger partial charge on any atom is -0.384 e. The van der Waals surface area contributed by atoms with Crippen molar-refractivity contribution in [2.75, 3.05) is 0 Å². The summed E-state index contributed by atoms with van der Waals surface area (Å²) in [5.41, 5.74) is 1.97. The average Bonchev–Trinajstić information content (AvgIpc) is 2.46. The maximum atomic E-state index is 13.1. The Labute approximate surface area is 120 Å². The number of rotatable bonds is 2. The highest BCUT2D eigenvalue weighted by Gasteiger charge is 2.16. The van der Waals surface area contributed by atoms with E-state index in [0.717, 1.165) is 10.9 Å². The second kappa shape index (κ2) is 5.19. The Morgan fingerprint density at radius 3 is 2.70 bits per heavy atom. The number of fused-ring (bicyclic) bond motifs is 1. The van der Waals surface area contributed by atoms with Crippen molar-refractivity contribution in [3.05, 3.63) is 76.7 Å². The number of hydrogen-bond acceptors (Lipinski definition) is 2. The number of benzene rings is 2. The van der Waals surface area contributed by atoms with E-state index in [1.54, 1.807) is 6.20 Å². The maximum absolute atomic E-state index is 13.1. The van der Waals surface area contributed by atoms with Crippen LogP contribution in [-0.4, -0.2) is 10.1 Å². The number of halogens is 2. The van der Waals surface area contributed by atoms with E-state index in [1.165, 1.54) is 18.2 Å². The summed E-state index contributed by atoms with van der Waals surface area (Å²) in [4.78, 5) is 4.25. The molecule has 0 spiro atoms. The van der Waals surface area contributed by atoms with Gasteiger partial charge in [0.1, 0.15) is 11.9 Å². The maximum Gasteiger partial charge on any atom is 0.124 e. The molecule has 4 heteroatoms. The van der Waals surface area contributed by atoms with Gasteiger partial charge < -0.3 is 5.11 Å². The van der Waals surface area contributed by atoms with Crippen LogP contribution >= 0.6 is 11.6 Å². The molecule has 2 aromatic carbocycles. The molecule has 1 atom stereocenters. The first-order valence-corrected chi connectivity index (χ1v) is 6.51. The highest BCUT2D eigenvalue weighted by atomic mass is 35.5. The van der Waals surface area contributed by atoms with Crippen molar-refractivity contribution < 1.29 is 9.50 Å². The molecule has 1 unspecified atom stereocenters. The van der Waals surface area contributed by atoms with Gasteiger partial charge in [-0.05, 0) is 29.8 Å². The largest absolute Gasteiger partial charge is 0.384 e. The second-order valence-corrected chi connectivity index (χ2v) is 4.89. The van der Waals surface area contributed by atoms with Crippen LogP contribution in [0.5, 0.6) is 0 Å². The van der Waals surface area contributed by atoms with Crippen LogP contribution in [0.2, 0.25) is 5.02 Å². The summed E-state index contributed by atoms with van der Waals surface area (Å²) in [6, 6.07) is 13.2. The quantitative estimate of drug-likeness (QED) is 0.769. The van der Waals surface area contributed by atoms with E-state index < -0.39 is 11.9 Å². The van der Waals surface area contributed by atoms with Crippen LogP contribution in [0.25, 0.3) is 10.9 Å². The van der Waals surface area contributed by atoms with Gasteiger partial charge in [-0.25, -0.2) is 4.39 Å². The molecule has 1 aromatic heterocycles. The number of aliphatic hydroxyl groups excluding tert-OH is 1. The first-order valence-electron chi connectivity index (χ1n) is 6.13. The van der Waals surface area contributed by atoms with Crippen LogP contribution in [0.1, 0.15) is 17.2 Å². The van der Waals surface area contributed by atoms with Crippen molar-refractivity contribution in [2.45, 2.75) is 6.10 Å². The van der Waals surface area contributed by atoms with E-state index in [-0.39, 0.29) is 5.02 Å². The van der Waals surface area contributed by atoms with Gasteiger partial charge in [0, 0.05) is 22.2 Å². The fourth-order valence-corrected chi connectivity index (χ4v) is 2.53. The molecule has 0 aliphatic carbocycles. The van der Waals surface area contributed by atoms with Gasteiger partial charge >= 0.3 is 0 Å². The lowest BCUT2D eigenvalue weighted by Crippen LogP contribution is -2.02. The van der Waals surface area contributed by atoms with Crippen molar-refractivity contribution in [2.24, 2.45) is 0 Å². The van der Waals surface area contributed by atoms with Crippen LogP contribution < -0.4 is 0 Å². The predicted octanol–water partition coefficient (Wildman–Crippen LogP) is 4.11. The molecule has 1 N–H and O–H groups in total. The van der Waals surface area contributed by atoms with E-state index in [2.05, 4.69) is 4.98 Å². The summed E-state index contributed by atoms with van der Waals surface area (Å²) >= 11 is 6.01. The average molecular weight is 288 g/mol. The van der Waals surface area contributed by atoms with E-state index in [1.807, 2.05) is 30.3 Å². The number of pyridine rings is 1. The fourth-order valence-electron chi connectivity index (χ4n) is 2.26. The zero-order valence-electron chi connectivity index (χ0n) is 10.4. The van der Waals surface area contributed by atoms with Gasteiger partial charge in [-0.3, -0.25) is 4.98 Å². The van der Waals surface area contributed by atoms with Crippen LogP contribution in [0.3, 0.4) is 0 Å². The van der Waals surface area contributed by atoms with E-state index in [4.69, 9.17) is 11.6 Å². The predicted molar refractivity (Wildman–Crippen MR) is 77.2 cm³/mol. The third kappa shape index (κ3) is 2.26. The van der Waals surface area contributed by atoms with Gasteiger partial charge in [0.05, 0.1) is 5.52 Å². The molecule has 0 radical (unpaired) electrons. The van der Waals surface area contributed by atoms with Crippen molar-refractivity contribution in [3.63, 3.8) is 0 Å². The summed E-state index contributed by atoms with van der Waals surface area (Å²) in [6.45, 7) is 0. The Hall–Kier alpha value is -1.97. The summed E-state index contributed by atoms with van der Waals surface area (Å²) in [5.74, 6) is -0.425. The molecule has 0 aliphatic rings. The Kier molecular flexibility index (Phi) is 3.38. The molecule has 0 fully saturated rings. The summed E-state index contributed by atoms with van der Waals surface area (Å²) < 4.78 is 13.1. The SMILES string of the molecule is OC(c1ccc(F)cc1Cl)c1cccc2ncccc12. The molecule has 3 rings (SSSR count). The standard InChI is InChI=1S/C16H11ClFNO/c17-14-9-10(18)6-7-13(14)16(20)12-3-1-5-15-11(12)4-2-8-19-15/h1-9,16,20H. The Balaban J connectivity index is 2.15. The summed E-state index contributed by atoms with van der Waals surface area (Å²) in [7, 11) is 0. The summed E-state index contributed by atoms with van der Waals surface area (Å²) in [5, 5.41) is 11.6. The molecule has 0 saturated carbocycles. The molecule has 0 bridgehead atoms. The third-order valence-corrected chi connectivity index (χ3v) is 3.56. The van der Waals surface area contributed by atoms with Crippen LogP contribution in [0, 0.1) is 5.82 Å². The molecule has 2 nitrogen and oxygen atoms in total. The van der Waals surface area contributed by atoms with Crippen molar-refractivity contribution in [3.8, 4) is 0 Å². The molecule has 1 heterocycles. The second-order valence-electron chi connectivity index (χ2n) is 4.49. The zero-order chi connectivity index (χ0) is 14.1. The summed E-state index contributed by atoms with van der Waals surface area (Å²) in [6.07, 6.45) is 0.777. The normalized spacial score (nSPS) is 12.6. The molecule has 0 amide bonds. The molecule has 0 aliphatic heterocycles. The van der Waals surface area contributed by atoms with Gasteiger partial charge in [-0.1, -0.05) is 35.9 Å². The lowest BCUT2D eigenvalue weighted by molar-refractivity contribution is 0.222. The monoisotopic (exact) mass is 287 g/mol. The van der Waals surface area contributed by atoms with Crippen LogP contribution in [0.15, 0.2) is 54.7 Å². The minimum atomic E-state index is -0.920. The number of aliphatic hydroxyl groups is 1. The van der Waals surface area contributed by atoms with Gasteiger partial charge in [0.2, 0.25) is 0 Å². The molecule has 100 valence electrons. The Bertz CT molecular complexity index is 770. The van der Waals surface area contributed by atoms with Gasteiger partial charge in [-0.15, -0.1) is 0 Å². The first kappa shape index (κ1) is 13.0. The molecule has 0 saturated heterocycles. The minimum absolute atomic E-state index is 0.207. The van der Waals surface area contributed by atoms with Crippen molar-refractivity contribution >= 4 is 22.5 Å². The van der Waals surface area contributed by atoms with Crippen LogP contribution in [-0.2, 0) is 0 Å². The van der Waals surface area contributed by atoms with Gasteiger partial charge in [0.25, 0.3) is 0 Å². The first-order chi connectivity index (χ1) is 9.66. The van der Waals surface area contributed by atoms with Crippen molar-refractivity contribution in [1.82, 2.24) is 4.98 Å². The molecule has 20 heavy (non-hydrogen) atoms. The molecular formula is C16H11ClFNO. The van der Waals surface area contributed by atoms with Crippen LogP contribution in [0.4, 0.5) is 4.39 Å². The number of nitrogens with zero attached hydrogens (tertiary/aromatic N) is 1. The smallest absolute Gasteiger partial charge is 0.124 e. The van der Waals surface area contributed by atoms with E-state index in [0.29, 0.717) is 11.1 Å². The topological polar surface area (TPSA) is 33.1 Å². The molecular weight excluding hydrogens is 277 g/mol. The number of hydrogen-bond donors (Lipinski definition) is 1. The Morgan fingerprint density at radius 1 is 1.05 bits per heavy atom. The fraction of sp³-hybridized carbons (Fsp3) is 0.0625. The van der Waals surface area contributed by atoms with Crippen molar-refractivity contribution in [1.29, 1.82) is 0 Å². The third-order valence-electron chi connectivity index (χ3n) is 3.23. The van der Waals surface area contributed by atoms with Gasteiger partial charge in [0.15, 0.2) is 0 Å². The van der Waals surface area contributed by atoms with Gasteiger partial charge in [-0.2, -0.15) is 0 Å².